The molecule has 4 rings (SSSR count). The first-order chi connectivity index (χ1) is 18.7. The van der Waals surface area contributed by atoms with Gasteiger partial charge in [0.25, 0.3) is 0 Å². The molecule has 0 saturated carbocycles. The fraction of sp³-hybridized carbons (Fsp3) is 0.355. The molecule has 3 aromatic rings. The second-order valence-corrected chi connectivity index (χ2v) is 12.5. The second kappa shape index (κ2) is 11.7. The lowest BCUT2D eigenvalue weighted by atomic mass is 9.85. The van der Waals surface area contributed by atoms with Crippen LogP contribution in [0.2, 0.25) is 0 Å². The van der Waals surface area contributed by atoms with Gasteiger partial charge in [0.2, 0.25) is 10.0 Å². The molecule has 0 amide bonds. The van der Waals surface area contributed by atoms with Crippen molar-refractivity contribution in [3.8, 4) is 11.1 Å². The predicted octanol–water partition coefficient (Wildman–Crippen LogP) is 7.50. The van der Waals surface area contributed by atoms with Crippen molar-refractivity contribution in [3.05, 3.63) is 107 Å². The molecule has 0 radical (unpaired) electrons. The fourth-order valence-corrected chi connectivity index (χ4v) is 5.87. The molecule has 2 unspecified atom stereocenters. The van der Waals surface area contributed by atoms with Crippen molar-refractivity contribution in [3.63, 3.8) is 0 Å². The summed E-state index contributed by atoms with van der Waals surface area (Å²) >= 11 is 0. The Balaban J connectivity index is 1.87. The molecule has 1 saturated heterocycles. The third kappa shape index (κ3) is 7.12. The number of likely N-dealkylation sites (tertiary alicyclic amines) is 1. The number of piperidine rings is 1. The van der Waals surface area contributed by atoms with Crippen LogP contribution in [0, 0.1) is 11.7 Å². The van der Waals surface area contributed by atoms with Crippen molar-refractivity contribution in [1.82, 2.24) is 9.62 Å². The maximum atomic E-state index is 13.9. The van der Waals surface area contributed by atoms with Gasteiger partial charge in [-0.3, -0.25) is 9.62 Å². The lowest BCUT2D eigenvalue weighted by Gasteiger charge is -2.38. The summed E-state index contributed by atoms with van der Waals surface area (Å²) < 4.78 is 80.0. The second-order valence-electron chi connectivity index (χ2n) is 10.7. The zero-order chi connectivity index (χ0) is 29.2. The number of nitrogens with one attached hydrogen (secondary N) is 1. The Morgan fingerprint density at radius 1 is 0.975 bits per heavy atom. The summed E-state index contributed by atoms with van der Waals surface area (Å²) in [5, 5.41) is 0. The van der Waals surface area contributed by atoms with Gasteiger partial charge in [0.1, 0.15) is 5.82 Å². The normalized spacial score (nSPS) is 16.9. The van der Waals surface area contributed by atoms with Crippen molar-refractivity contribution in [2.45, 2.75) is 44.8 Å². The molecule has 2 atom stereocenters. The van der Waals surface area contributed by atoms with Crippen LogP contribution in [-0.4, -0.2) is 32.7 Å². The van der Waals surface area contributed by atoms with Gasteiger partial charge in [-0.05, 0) is 83.9 Å². The molecule has 1 fully saturated rings. The average molecular weight is 575 g/mol. The summed E-state index contributed by atoms with van der Waals surface area (Å²) in [6.07, 6.45) is -1.42. The van der Waals surface area contributed by atoms with Crippen LogP contribution in [0.3, 0.4) is 0 Å². The molecule has 9 heteroatoms. The van der Waals surface area contributed by atoms with Crippen molar-refractivity contribution < 1.29 is 26.0 Å². The van der Waals surface area contributed by atoms with Crippen molar-refractivity contribution in [2.24, 2.45) is 5.92 Å². The minimum Gasteiger partial charge on any atom is -0.292 e. The van der Waals surface area contributed by atoms with Gasteiger partial charge in [0, 0.05) is 11.6 Å². The topological polar surface area (TPSA) is 49.4 Å². The summed E-state index contributed by atoms with van der Waals surface area (Å²) in [7, 11) is -3.53. The number of allylic oxidation sites excluding steroid dienone is 1. The monoisotopic (exact) mass is 574 g/mol. The third-order valence-corrected chi connectivity index (χ3v) is 8.24. The quantitative estimate of drug-likeness (QED) is 0.284. The zero-order valence-electron chi connectivity index (χ0n) is 22.8. The molecule has 0 aliphatic carbocycles. The molecule has 1 aliphatic heterocycles. The van der Waals surface area contributed by atoms with E-state index in [4.69, 9.17) is 0 Å². The molecular weight excluding hydrogens is 540 g/mol. The van der Waals surface area contributed by atoms with E-state index in [0.717, 1.165) is 66.6 Å². The maximum Gasteiger partial charge on any atom is 0.416 e. The number of halogens is 4. The number of hydrogen-bond acceptors (Lipinski definition) is 3. The Bertz CT molecular complexity index is 1440. The number of benzene rings is 3. The van der Waals surface area contributed by atoms with E-state index in [2.05, 4.69) is 23.1 Å². The summed E-state index contributed by atoms with van der Waals surface area (Å²) in [5.41, 5.74) is 3.37. The highest BCUT2D eigenvalue weighted by atomic mass is 32.2. The Kier molecular flexibility index (Phi) is 8.75. The van der Waals surface area contributed by atoms with Crippen molar-refractivity contribution in [1.29, 1.82) is 0 Å². The Labute approximate surface area is 233 Å². The number of alkyl halides is 3. The molecular formula is C31H34F4N2O2S. The minimum absolute atomic E-state index is 0.257. The van der Waals surface area contributed by atoms with Gasteiger partial charge >= 0.3 is 6.18 Å². The molecule has 1 heterocycles. The van der Waals surface area contributed by atoms with E-state index in [-0.39, 0.29) is 17.6 Å². The highest BCUT2D eigenvalue weighted by Crippen LogP contribution is 2.40. The molecule has 3 aromatic carbocycles. The van der Waals surface area contributed by atoms with Crippen LogP contribution in [0.15, 0.2) is 79.0 Å². The fourth-order valence-electron chi connectivity index (χ4n) is 5.22. The largest absolute Gasteiger partial charge is 0.416 e. The highest BCUT2D eigenvalue weighted by molar-refractivity contribution is 7.88. The predicted molar refractivity (Wildman–Crippen MR) is 151 cm³/mol. The van der Waals surface area contributed by atoms with E-state index >= 15 is 0 Å². The van der Waals surface area contributed by atoms with Crippen molar-refractivity contribution in [2.75, 3.05) is 19.3 Å². The van der Waals surface area contributed by atoms with Gasteiger partial charge in [-0.2, -0.15) is 13.2 Å². The molecule has 0 bridgehead atoms. The van der Waals surface area contributed by atoms with E-state index in [1.54, 1.807) is 12.1 Å². The molecule has 40 heavy (non-hydrogen) atoms. The van der Waals surface area contributed by atoms with Gasteiger partial charge in [-0.25, -0.2) is 12.8 Å². The Morgan fingerprint density at radius 3 is 2.10 bits per heavy atom. The molecule has 1 N–H and O–H groups in total. The van der Waals surface area contributed by atoms with Gasteiger partial charge in [0.15, 0.2) is 0 Å². The summed E-state index contributed by atoms with van der Waals surface area (Å²) in [4.78, 5) is 2.34. The van der Waals surface area contributed by atoms with Crippen LogP contribution >= 0.6 is 0 Å². The number of sulfonamides is 1. The smallest absolute Gasteiger partial charge is 0.292 e. The molecule has 0 aromatic heterocycles. The van der Waals surface area contributed by atoms with E-state index in [1.165, 1.54) is 24.3 Å². The zero-order valence-corrected chi connectivity index (χ0v) is 23.6. The first-order valence-corrected chi connectivity index (χ1v) is 15.1. The van der Waals surface area contributed by atoms with E-state index in [1.807, 2.05) is 25.1 Å². The van der Waals surface area contributed by atoms with Gasteiger partial charge in [0.05, 0.1) is 17.9 Å². The van der Waals surface area contributed by atoms with E-state index in [0.29, 0.717) is 11.5 Å². The molecule has 1 aliphatic rings. The van der Waals surface area contributed by atoms with Crippen LogP contribution < -0.4 is 4.72 Å². The van der Waals surface area contributed by atoms with Gasteiger partial charge < -0.3 is 0 Å². The van der Waals surface area contributed by atoms with Crippen LogP contribution in [0.5, 0.6) is 0 Å². The number of hydrogen-bond donors (Lipinski definition) is 1. The van der Waals surface area contributed by atoms with Crippen LogP contribution in [0.4, 0.5) is 17.6 Å². The average Bonchev–Trinajstić information content (AvgIpc) is 2.89. The minimum atomic E-state index is -4.46. The Morgan fingerprint density at radius 2 is 1.55 bits per heavy atom. The lowest BCUT2D eigenvalue weighted by molar-refractivity contribution is -0.137. The summed E-state index contributed by atoms with van der Waals surface area (Å²) in [6.45, 7) is 9.57. The standard InChI is InChI=1S/C31H34F4N2O2S/c1-20-15-17-37(18-16-20)30(24-7-12-27(32)13-8-24)28-14-9-25(21(2)22(3)36-40(4,38)39)19-29(28)23-5-10-26(11-6-23)31(33,34)35/h5-14,19-21,30,36H,3,15-18H2,1-2,4H3. The van der Waals surface area contributed by atoms with Crippen molar-refractivity contribution >= 4 is 10.0 Å². The van der Waals surface area contributed by atoms with Crippen LogP contribution in [0.25, 0.3) is 11.1 Å². The maximum absolute atomic E-state index is 13.9. The summed E-state index contributed by atoms with van der Waals surface area (Å²) in [6, 6.07) is 16.9. The van der Waals surface area contributed by atoms with E-state index in [9.17, 15) is 26.0 Å². The molecule has 0 spiro atoms. The lowest BCUT2D eigenvalue weighted by Crippen LogP contribution is -2.37. The van der Waals surface area contributed by atoms with E-state index < -0.39 is 27.7 Å². The number of rotatable bonds is 8. The number of nitrogens with zero attached hydrogens (tertiary/aromatic N) is 1. The molecule has 214 valence electrons. The third-order valence-electron chi connectivity index (χ3n) is 7.60. The first kappa shape index (κ1) is 29.8. The Hall–Kier alpha value is -3.17. The van der Waals surface area contributed by atoms with Crippen LogP contribution in [0.1, 0.15) is 60.9 Å². The van der Waals surface area contributed by atoms with Crippen LogP contribution in [-0.2, 0) is 16.2 Å². The highest BCUT2D eigenvalue weighted by Gasteiger charge is 2.31. The first-order valence-electron chi connectivity index (χ1n) is 13.2. The summed E-state index contributed by atoms with van der Waals surface area (Å²) in [5.74, 6) is -0.174. The van der Waals surface area contributed by atoms with Gasteiger partial charge in [-0.1, -0.05) is 62.9 Å². The SMILES string of the molecule is C=C(NS(C)(=O)=O)C(C)c1ccc(C(c2ccc(F)cc2)N2CCC(C)CC2)c(-c2ccc(C(F)(F)F)cc2)c1. The van der Waals surface area contributed by atoms with Gasteiger partial charge in [-0.15, -0.1) is 0 Å². The molecule has 4 nitrogen and oxygen atoms in total.